The zero-order valence-electron chi connectivity index (χ0n) is 24.0. The number of rotatable bonds is 4. The van der Waals surface area contributed by atoms with E-state index in [1.54, 1.807) is 6.07 Å². The number of piperidine rings is 1. The van der Waals surface area contributed by atoms with Crippen molar-refractivity contribution >= 4 is 5.91 Å². The van der Waals surface area contributed by atoms with Gasteiger partial charge in [0.2, 0.25) is 5.91 Å². The molecule has 7 heteroatoms. The monoisotopic (exact) mass is 557 g/mol. The number of carbonyl (C=O) groups excluding carboxylic acids is 1. The molecule has 6 aliphatic rings. The number of carbonyl (C=O) groups is 1. The Labute approximate surface area is 242 Å². The molecule has 8 rings (SSSR count). The maximum absolute atomic E-state index is 12.9. The van der Waals surface area contributed by atoms with Gasteiger partial charge in [-0.25, -0.2) is 0 Å². The quantitative estimate of drug-likeness (QED) is 0.523. The van der Waals surface area contributed by atoms with Gasteiger partial charge in [-0.15, -0.1) is 0 Å². The van der Waals surface area contributed by atoms with E-state index < -0.39 is 11.0 Å². The molecule has 3 aliphatic heterocycles. The van der Waals surface area contributed by atoms with Crippen LogP contribution in [0.1, 0.15) is 87.4 Å². The second kappa shape index (κ2) is 9.26. The molecule has 2 bridgehead atoms. The minimum Gasteiger partial charge on any atom is -0.508 e. The fraction of sp³-hybridized carbons (Fsp3) is 0.647. The van der Waals surface area contributed by atoms with Gasteiger partial charge in [-0.3, -0.25) is 14.7 Å². The molecule has 1 aromatic heterocycles. The van der Waals surface area contributed by atoms with Crippen LogP contribution in [0.15, 0.2) is 42.6 Å². The highest BCUT2D eigenvalue weighted by Gasteiger charge is 2.67. The first-order valence-corrected chi connectivity index (χ1v) is 16.0. The van der Waals surface area contributed by atoms with Gasteiger partial charge < -0.3 is 20.3 Å². The number of hydrogen-bond acceptors (Lipinski definition) is 6. The highest BCUT2D eigenvalue weighted by molar-refractivity contribution is 5.79. The average molecular weight is 558 g/mol. The number of phenols is 1. The van der Waals surface area contributed by atoms with E-state index in [1.807, 2.05) is 18.3 Å². The Morgan fingerprint density at radius 3 is 2.78 bits per heavy atom. The van der Waals surface area contributed by atoms with Crippen LogP contribution >= 0.6 is 0 Å². The first kappa shape index (κ1) is 26.2. The number of pyridine rings is 1. The first-order valence-electron chi connectivity index (χ1n) is 16.0. The number of ether oxygens (including phenoxy) is 1. The van der Waals surface area contributed by atoms with Crippen LogP contribution < -0.4 is 5.32 Å². The van der Waals surface area contributed by atoms with Crippen molar-refractivity contribution in [2.45, 2.75) is 111 Å². The van der Waals surface area contributed by atoms with E-state index >= 15 is 0 Å². The summed E-state index contributed by atoms with van der Waals surface area (Å²) in [6.45, 7) is 2.61. The minimum atomic E-state index is -0.931. The van der Waals surface area contributed by atoms with E-state index in [1.165, 1.54) is 24.1 Å². The molecule has 0 unspecified atom stereocenters. The molecular formula is C34H43N3O4. The summed E-state index contributed by atoms with van der Waals surface area (Å²) in [5, 5.41) is 26.6. The maximum atomic E-state index is 12.9. The Kier molecular flexibility index (Phi) is 5.91. The molecule has 1 spiro atoms. The summed E-state index contributed by atoms with van der Waals surface area (Å²) in [4.78, 5) is 20.0. The van der Waals surface area contributed by atoms with Gasteiger partial charge in [0.05, 0.1) is 11.2 Å². The van der Waals surface area contributed by atoms with E-state index in [2.05, 4.69) is 28.4 Å². The van der Waals surface area contributed by atoms with E-state index in [0.29, 0.717) is 12.8 Å². The molecule has 218 valence electrons. The topological polar surface area (TPSA) is 94.9 Å². The molecule has 6 atom stereocenters. The van der Waals surface area contributed by atoms with Crippen molar-refractivity contribution in [3.05, 3.63) is 59.4 Å². The molecule has 4 heterocycles. The summed E-state index contributed by atoms with van der Waals surface area (Å²) in [7, 11) is 0. The molecule has 3 N–H and O–H groups in total. The number of amides is 1. The van der Waals surface area contributed by atoms with Gasteiger partial charge in [0.25, 0.3) is 0 Å². The third-order valence-corrected chi connectivity index (χ3v) is 12.4. The van der Waals surface area contributed by atoms with Gasteiger partial charge in [0.15, 0.2) is 0 Å². The second-order valence-corrected chi connectivity index (χ2v) is 14.3. The molecule has 0 radical (unpaired) electrons. The summed E-state index contributed by atoms with van der Waals surface area (Å²) in [5.74, 6) is 0.537. The third-order valence-electron chi connectivity index (χ3n) is 12.4. The second-order valence-electron chi connectivity index (χ2n) is 14.3. The van der Waals surface area contributed by atoms with Crippen LogP contribution in [0.25, 0.3) is 0 Å². The zero-order valence-corrected chi connectivity index (χ0v) is 24.0. The SMILES string of the molecule is O=C1C[C@@H]2C[C@@]3(O)[C@H]4Cc5ccc(O)cc5[C@@]3(CCN4CC[C@@]3(c4ccccn4)CCOC4(CCCC4)C3)C[C@@H]2N1. The van der Waals surface area contributed by atoms with Crippen molar-refractivity contribution in [2.24, 2.45) is 5.92 Å². The Balaban J connectivity index is 1.14. The number of benzene rings is 1. The highest BCUT2D eigenvalue weighted by Crippen LogP contribution is 2.61. The Morgan fingerprint density at radius 1 is 1.07 bits per heavy atom. The molecule has 7 nitrogen and oxygen atoms in total. The van der Waals surface area contributed by atoms with Crippen LogP contribution in [0.3, 0.4) is 0 Å². The number of fused-ring (bicyclic) bond motifs is 2. The van der Waals surface area contributed by atoms with Gasteiger partial charge in [0, 0.05) is 47.8 Å². The summed E-state index contributed by atoms with van der Waals surface area (Å²) in [6, 6.07) is 12.2. The normalized spacial score (nSPS) is 39.1. The van der Waals surface area contributed by atoms with E-state index in [9.17, 15) is 15.0 Å². The zero-order chi connectivity index (χ0) is 27.9. The number of aliphatic hydroxyl groups is 1. The molecule has 2 aromatic rings. The number of likely N-dealkylation sites (tertiary alicyclic amines) is 1. The molecule has 3 aliphatic carbocycles. The van der Waals surface area contributed by atoms with E-state index in [4.69, 9.17) is 9.72 Å². The number of nitrogens with one attached hydrogen (secondary N) is 1. The predicted octanol–water partition coefficient (Wildman–Crippen LogP) is 4.14. The standard InChI is InChI=1S/C34H43N3O4/c38-25-7-6-23-17-29-34(40)20-24-18-30(39)36-27(24)21-33(34,26(23)19-25)11-15-37(29)14-10-31(28-5-1-4-13-35-28)12-16-41-32(22-31)8-2-3-9-32/h1,4-7,13,19,24,27,29,38,40H,2-3,8-12,14-18,20-22H2,(H,36,39)/t24-,27+,29-,31-,33-,34-/m1/s1. The van der Waals surface area contributed by atoms with Gasteiger partial charge in [-0.2, -0.15) is 0 Å². The lowest BCUT2D eigenvalue weighted by atomic mass is 9.47. The van der Waals surface area contributed by atoms with E-state index in [0.717, 1.165) is 76.6 Å². The van der Waals surface area contributed by atoms with E-state index in [-0.39, 0.29) is 40.7 Å². The van der Waals surface area contributed by atoms with Crippen LogP contribution in [-0.2, 0) is 26.8 Å². The summed E-state index contributed by atoms with van der Waals surface area (Å²) in [5.41, 5.74) is 2.11. The molecular weight excluding hydrogens is 514 g/mol. The number of aromatic hydroxyl groups is 1. The predicted molar refractivity (Wildman–Crippen MR) is 155 cm³/mol. The lowest BCUT2D eigenvalue weighted by Crippen LogP contribution is -2.75. The highest BCUT2D eigenvalue weighted by atomic mass is 16.5. The van der Waals surface area contributed by atoms with Crippen molar-refractivity contribution in [1.29, 1.82) is 0 Å². The molecule has 1 amide bonds. The van der Waals surface area contributed by atoms with Crippen LogP contribution in [0.4, 0.5) is 0 Å². The van der Waals surface area contributed by atoms with Crippen LogP contribution in [0, 0.1) is 5.92 Å². The Morgan fingerprint density at radius 2 is 1.95 bits per heavy atom. The van der Waals surface area contributed by atoms with Gasteiger partial charge in [-0.05, 0) is 112 Å². The number of phenolic OH excluding ortho intramolecular Hbond substituents is 1. The molecule has 5 fully saturated rings. The molecule has 41 heavy (non-hydrogen) atoms. The fourth-order valence-corrected chi connectivity index (χ4v) is 10.5. The van der Waals surface area contributed by atoms with Crippen LogP contribution in [0.2, 0.25) is 0 Å². The van der Waals surface area contributed by atoms with Crippen molar-refractivity contribution in [3.8, 4) is 5.75 Å². The number of hydrogen-bond donors (Lipinski definition) is 3. The summed E-state index contributed by atoms with van der Waals surface area (Å²) >= 11 is 0. The van der Waals surface area contributed by atoms with Gasteiger partial charge in [-0.1, -0.05) is 25.0 Å². The Hall–Kier alpha value is -2.48. The first-order chi connectivity index (χ1) is 19.8. The summed E-state index contributed by atoms with van der Waals surface area (Å²) in [6.07, 6.45) is 13.2. The fourth-order valence-electron chi connectivity index (χ4n) is 10.5. The molecule has 3 saturated heterocycles. The maximum Gasteiger partial charge on any atom is 0.220 e. The van der Waals surface area contributed by atoms with Gasteiger partial charge in [0.1, 0.15) is 5.75 Å². The smallest absolute Gasteiger partial charge is 0.220 e. The number of aromatic nitrogens is 1. The van der Waals surface area contributed by atoms with Crippen LogP contribution in [0.5, 0.6) is 5.75 Å². The van der Waals surface area contributed by atoms with Crippen molar-refractivity contribution in [3.63, 3.8) is 0 Å². The van der Waals surface area contributed by atoms with Crippen molar-refractivity contribution in [1.82, 2.24) is 15.2 Å². The third kappa shape index (κ3) is 3.88. The number of nitrogens with zero attached hydrogens (tertiary/aromatic N) is 2. The Bertz CT molecular complexity index is 1340. The molecule has 2 saturated carbocycles. The summed E-state index contributed by atoms with van der Waals surface area (Å²) < 4.78 is 6.51. The minimum absolute atomic E-state index is 0.00833. The van der Waals surface area contributed by atoms with Crippen LogP contribution in [-0.4, -0.2) is 69.0 Å². The lowest BCUT2D eigenvalue weighted by Gasteiger charge is -2.65. The largest absolute Gasteiger partial charge is 0.508 e. The van der Waals surface area contributed by atoms with Crippen molar-refractivity contribution < 1.29 is 19.7 Å². The van der Waals surface area contributed by atoms with Gasteiger partial charge >= 0.3 is 0 Å². The van der Waals surface area contributed by atoms with Crippen molar-refractivity contribution in [2.75, 3.05) is 19.7 Å². The lowest BCUT2D eigenvalue weighted by molar-refractivity contribution is -0.180. The average Bonchev–Trinajstić information content (AvgIpc) is 3.56. The molecule has 1 aromatic carbocycles.